The van der Waals surface area contributed by atoms with Crippen molar-refractivity contribution in [3.63, 3.8) is 0 Å². The second kappa shape index (κ2) is 19.6. The van der Waals surface area contributed by atoms with Gasteiger partial charge in [-0.2, -0.15) is 5.92 Å². The molecular weight excluding hydrogens is 394 g/mol. The van der Waals surface area contributed by atoms with Gasteiger partial charge in [-0.05, 0) is 0 Å². The van der Waals surface area contributed by atoms with Crippen LogP contribution in [0.3, 0.4) is 0 Å². The molecule has 1 unspecified atom stereocenters. The molecule has 0 fully saturated rings. The van der Waals surface area contributed by atoms with Gasteiger partial charge in [-0.3, -0.25) is 0 Å². The normalized spacial score (nSPS) is 10.5. The molecule has 0 aromatic carbocycles. The molecule has 0 aliphatic carbocycles. The molecule has 0 spiro atoms. The van der Waals surface area contributed by atoms with E-state index in [4.69, 9.17) is 0 Å². The summed E-state index contributed by atoms with van der Waals surface area (Å²) in [7, 11) is 0. The minimum atomic E-state index is 0. The molecule has 0 radical (unpaired) electrons. The Balaban J connectivity index is -0.0000000651. The van der Waals surface area contributed by atoms with Crippen LogP contribution in [0.15, 0.2) is 0 Å². The zero-order valence-corrected chi connectivity index (χ0v) is 14.1. The van der Waals surface area contributed by atoms with Crippen LogP contribution in [0.2, 0.25) is 0 Å². The van der Waals surface area contributed by atoms with Crippen LogP contribution in [-0.2, 0) is 0 Å². The molecular formula is C13H30U. The van der Waals surface area contributed by atoms with Crippen LogP contribution in [0.4, 0.5) is 0 Å². The first-order chi connectivity index (χ1) is 5.59. The molecule has 0 N–H and O–H groups in total. The van der Waals surface area contributed by atoms with Crippen LogP contribution in [0.5, 0.6) is 0 Å². The smallest absolute Gasteiger partial charge is 0.345 e. The van der Waals surface area contributed by atoms with Gasteiger partial charge < -0.3 is 13.8 Å². The van der Waals surface area contributed by atoms with Crippen molar-refractivity contribution >= 4 is 0 Å². The Morgan fingerprint density at radius 1 is 1.07 bits per heavy atom. The van der Waals surface area contributed by atoms with Gasteiger partial charge in [0.25, 0.3) is 0 Å². The van der Waals surface area contributed by atoms with Gasteiger partial charge in [-0.15, -0.1) is 0 Å². The maximum Gasteiger partial charge on any atom is 2.00 e. The molecule has 0 bridgehead atoms. The first-order valence-corrected chi connectivity index (χ1v) is 5.22. The van der Waals surface area contributed by atoms with Crippen LogP contribution in [0.25, 0.3) is 0 Å². The zero-order chi connectivity index (χ0) is 9.98. The Hall–Kier alpha value is 1.05. The van der Waals surface area contributed by atoms with Gasteiger partial charge in [0.2, 0.25) is 0 Å². The average Bonchev–Trinajstić information content (AvgIpc) is 2.05. The first kappa shape index (κ1) is 24.3. The minimum absolute atomic E-state index is 0. The second-order valence-electron chi connectivity index (χ2n) is 3.65. The van der Waals surface area contributed by atoms with E-state index in [0.717, 1.165) is 6.42 Å². The van der Waals surface area contributed by atoms with Crippen LogP contribution in [0, 0.1) is 56.8 Å². The molecule has 0 aromatic heterocycles. The number of unbranched alkanes of at least 4 members (excludes halogenated alkanes) is 2. The Labute approximate surface area is 117 Å². The van der Waals surface area contributed by atoms with E-state index in [1.165, 1.54) is 19.3 Å². The Morgan fingerprint density at radius 3 is 1.43 bits per heavy atom. The van der Waals surface area contributed by atoms with E-state index in [1.807, 2.05) is 0 Å². The summed E-state index contributed by atoms with van der Waals surface area (Å²) in [6, 6.07) is 0. The van der Waals surface area contributed by atoms with E-state index in [0.29, 0.717) is 11.8 Å². The fraction of sp³-hybridized carbons (Fsp3) is 0.846. The van der Waals surface area contributed by atoms with Crippen molar-refractivity contribution in [1.29, 1.82) is 0 Å². The summed E-state index contributed by atoms with van der Waals surface area (Å²) >= 11 is 0. The predicted molar refractivity (Wildman–Crippen MR) is 65.6 cm³/mol. The topological polar surface area (TPSA) is 0 Å². The van der Waals surface area contributed by atoms with Crippen molar-refractivity contribution in [2.45, 2.75) is 60.8 Å². The fourth-order valence-corrected chi connectivity index (χ4v) is 0.687. The van der Waals surface area contributed by atoms with Gasteiger partial charge >= 0.3 is 31.1 Å². The fourth-order valence-electron chi connectivity index (χ4n) is 0.687. The summed E-state index contributed by atoms with van der Waals surface area (Å²) in [6.07, 6.45) is 5.03. The van der Waals surface area contributed by atoms with Crippen LogP contribution in [0.1, 0.15) is 60.8 Å². The SMILES string of the molecule is C.CCCCC.[CH2-]CC([CH2-])C(C)C.[U+2]. The van der Waals surface area contributed by atoms with Crippen LogP contribution in [-0.4, -0.2) is 0 Å². The van der Waals surface area contributed by atoms with Gasteiger partial charge in [0.1, 0.15) is 0 Å². The number of rotatable bonds is 4. The van der Waals surface area contributed by atoms with E-state index in [9.17, 15) is 0 Å². The molecule has 1 heteroatoms. The third-order valence-corrected chi connectivity index (χ3v) is 2.02. The van der Waals surface area contributed by atoms with E-state index in [2.05, 4.69) is 41.5 Å². The van der Waals surface area contributed by atoms with Gasteiger partial charge in [0.05, 0.1) is 0 Å². The zero-order valence-electron chi connectivity index (χ0n) is 9.90. The maximum atomic E-state index is 3.89. The summed E-state index contributed by atoms with van der Waals surface area (Å²) < 4.78 is 0. The largest absolute Gasteiger partial charge is 2.00 e. The molecule has 0 amide bonds. The third kappa shape index (κ3) is 23.1. The maximum absolute atomic E-state index is 3.89. The monoisotopic (exact) mass is 424 g/mol. The van der Waals surface area contributed by atoms with Gasteiger partial charge in [-0.25, -0.2) is 6.42 Å². The quantitative estimate of drug-likeness (QED) is 0.548. The van der Waals surface area contributed by atoms with Crippen LogP contribution < -0.4 is 0 Å². The van der Waals surface area contributed by atoms with Crippen molar-refractivity contribution in [2.24, 2.45) is 11.8 Å². The molecule has 0 saturated carbocycles. The van der Waals surface area contributed by atoms with Crippen molar-refractivity contribution in [3.05, 3.63) is 13.8 Å². The van der Waals surface area contributed by atoms with E-state index < -0.39 is 0 Å². The molecule has 14 heavy (non-hydrogen) atoms. The number of hydrogen-bond donors (Lipinski definition) is 0. The second-order valence-corrected chi connectivity index (χ2v) is 3.65. The van der Waals surface area contributed by atoms with E-state index >= 15 is 0 Å². The molecule has 0 aliphatic heterocycles. The van der Waals surface area contributed by atoms with Gasteiger partial charge in [0, 0.05) is 0 Å². The van der Waals surface area contributed by atoms with Gasteiger partial charge in [0.15, 0.2) is 0 Å². The average molecular weight is 424 g/mol. The Bertz CT molecular complexity index is 67.6. The summed E-state index contributed by atoms with van der Waals surface area (Å²) in [6.45, 7) is 16.4. The Morgan fingerprint density at radius 2 is 1.43 bits per heavy atom. The first-order valence-electron chi connectivity index (χ1n) is 5.22. The molecule has 0 rings (SSSR count). The summed E-state index contributed by atoms with van der Waals surface area (Å²) in [5.74, 6) is 1.23. The summed E-state index contributed by atoms with van der Waals surface area (Å²) in [4.78, 5) is 0. The Kier molecular flexibility index (Phi) is 34.1. The molecule has 1 atom stereocenters. The van der Waals surface area contributed by atoms with E-state index in [1.54, 1.807) is 0 Å². The van der Waals surface area contributed by atoms with Crippen molar-refractivity contribution in [3.8, 4) is 0 Å². The molecule has 0 saturated heterocycles. The molecule has 0 nitrogen and oxygen atoms in total. The van der Waals surface area contributed by atoms with Crippen molar-refractivity contribution < 1.29 is 31.1 Å². The summed E-state index contributed by atoms with van der Waals surface area (Å²) in [5.41, 5.74) is 0. The predicted octanol–water partition coefficient (Wildman–Crippen LogP) is 5.15. The molecule has 0 heterocycles. The van der Waals surface area contributed by atoms with Crippen molar-refractivity contribution in [2.75, 3.05) is 0 Å². The standard InChI is InChI=1S/C7H14.C5H12.CH4.U/c1-5-7(4)6(2)3;1-3-5-4-2;;/h6-7H,1,4-5H2,2-3H3;3-5H2,1-2H3;1H4;/q-2;;;+2. The van der Waals surface area contributed by atoms with Crippen LogP contribution >= 0.6 is 0 Å². The molecule has 0 aromatic rings. The van der Waals surface area contributed by atoms with E-state index in [-0.39, 0.29) is 38.5 Å². The van der Waals surface area contributed by atoms with Gasteiger partial charge in [-0.1, -0.05) is 60.3 Å². The minimum Gasteiger partial charge on any atom is -0.345 e. The summed E-state index contributed by atoms with van der Waals surface area (Å²) in [5, 5.41) is 0. The molecule has 0 aliphatic rings. The third-order valence-electron chi connectivity index (χ3n) is 2.02. The van der Waals surface area contributed by atoms with Crippen molar-refractivity contribution in [1.82, 2.24) is 0 Å². The molecule has 86 valence electrons. The number of hydrogen-bond acceptors (Lipinski definition) is 0.